The van der Waals surface area contributed by atoms with Crippen LogP contribution in [0, 0.1) is 6.92 Å². The first-order valence-corrected chi connectivity index (χ1v) is 7.00. The van der Waals surface area contributed by atoms with Gasteiger partial charge in [-0.05, 0) is 31.4 Å². The van der Waals surface area contributed by atoms with Gasteiger partial charge in [0.1, 0.15) is 5.54 Å². The fourth-order valence-electron chi connectivity index (χ4n) is 2.83. The molecule has 2 heterocycles. The van der Waals surface area contributed by atoms with Crippen LogP contribution in [0.15, 0.2) is 18.3 Å². The largest absolute Gasteiger partial charge is 0.382 e. The van der Waals surface area contributed by atoms with Crippen LogP contribution in [0.25, 0.3) is 0 Å². The van der Waals surface area contributed by atoms with E-state index in [2.05, 4.69) is 4.98 Å². The van der Waals surface area contributed by atoms with E-state index >= 15 is 0 Å². The SMILES string of the molecule is COCC1(C(N)=O)CCCN1C(=O)Cc1ccc(C)nc1. The van der Waals surface area contributed by atoms with Crippen molar-refractivity contribution in [3.05, 3.63) is 29.6 Å². The van der Waals surface area contributed by atoms with Crippen molar-refractivity contribution in [3.8, 4) is 0 Å². The summed E-state index contributed by atoms with van der Waals surface area (Å²) >= 11 is 0. The second-order valence-corrected chi connectivity index (χ2v) is 5.46. The fourth-order valence-corrected chi connectivity index (χ4v) is 2.83. The van der Waals surface area contributed by atoms with Crippen LogP contribution in [-0.2, 0) is 20.7 Å². The number of carbonyl (C=O) groups is 2. The van der Waals surface area contributed by atoms with Crippen molar-refractivity contribution in [1.29, 1.82) is 0 Å². The number of carbonyl (C=O) groups excluding carboxylic acids is 2. The third-order valence-electron chi connectivity index (χ3n) is 3.96. The number of aromatic nitrogens is 1. The summed E-state index contributed by atoms with van der Waals surface area (Å²) < 4.78 is 5.13. The normalized spacial score (nSPS) is 21.5. The Bertz CT molecular complexity index is 529. The number of nitrogens with two attached hydrogens (primary N) is 1. The van der Waals surface area contributed by atoms with E-state index in [1.165, 1.54) is 7.11 Å². The van der Waals surface area contributed by atoms with Gasteiger partial charge in [0.15, 0.2) is 0 Å². The number of pyridine rings is 1. The van der Waals surface area contributed by atoms with Crippen LogP contribution in [0.4, 0.5) is 0 Å². The van der Waals surface area contributed by atoms with Gasteiger partial charge < -0.3 is 15.4 Å². The first kappa shape index (κ1) is 15.4. The lowest BCUT2D eigenvalue weighted by Crippen LogP contribution is -2.59. The van der Waals surface area contributed by atoms with Gasteiger partial charge in [-0.25, -0.2) is 0 Å². The van der Waals surface area contributed by atoms with E-state index < -0.39 is 11.4 Å². The Morgan fingerprint density at radius 2 is 2.24 bits per heavy atom. The Balaban J connectivity index is 2.16. The van der Waals surface area contributed by atoms with Crippen molar-refractivity contribution in [2.45, 2.75) is 31.7 Å². The molecule has 1 atom stereocenters. The number of amides is 2. The maximum atomic E-state index is 12.5. The predicted octanol–water partition coefficient (Wildman–Crippen LogP) is 0.425. The van der Waals surface area contributed by atoms with Gasteiger partial charge in [0.25, 0.3) is 0 Å². The van der Waals surface area contributed by atoms with Gasteiger partial charge in [-0.1, -0.05) is 6.07 Å². The van der Waals surface area contributed by atoms with Crippen LogP contribution >= 0.6 is 0 Å². The molecule has 1 aromatic heterocycles. The minimum atomic E-state index is -1.01. The second-order valence-electron chi connectivity index (χ2n) is 5.46. The third kappa shape index (κ3) is 3.05. The summed E-state index contributed by atoms with van der Waals surface area (Å²) in [5.41, 5.74) is 6.25. The van der Waals surface area contributed by atoms with Gasteiger partial charge in [0, 0.05) is 25.5 Å². The first-order chi connectivity index (χ1) is 9.99. The highest BCUT2D eigenvalue weighted by molar-refractivity contribution is 5.91. The molecule has 21 heavy (non-hydrogen) atoms. The summed E-state index contributed by atoms with van der Waals surface area (Å²) in [5.74, 6) is -0.619. The molecule has 1 aliphatic heterocycles. The second kappa shape index (κ2) is 6.22. The Morgan fingerprint density at radius 3 is 2.81 bits per heavy atom. The van der Waals surface area contributed by atoms with Crippen LogP contribution in [0.2, 0.25) is 0 Å². The maximum Gasteiger partial charge on any atom is 0.245 e. The number of hydrogen-bond donors (Lipinski definition) is 1. The van der Waals surface area contributed by atoms with Gasteiger partial charge in [0.2, 0.25) is 11.8 Å². The van der Waals surface area contributed by atoms with Crippen LogP contribution < -0.4 is 5.73 Å². The summed E-state index contributed by atoms with van der Waals surface area (Å²) in [6.07, 6.45) is 3.20. The molecule has 0 saturated carbocycles. The van der Waals surface area contributed by atoms with E-state index in [1.807, 2.05) is 19.1 Å². The molecule has 0 radical (unpaired) electrons. The van der Waals surface area contributed by atoms with Crippen LogP contribution in [0.5, 0.6) is 0 Å². The average Bonchev–Trinajstić information content (AvgIpc) is 2.87. The summed E-state index contributed by atoms with van der Waals surface area (Å²) in [6, 6.07) is 3.74. The highest BCUT2D eigenvalue weighted by Gasteiger charge is 2.48. The number of aryl methyl sites for hydroxylation is 1. The lowest BCUT2D eigenvalue weighted by molar-refractivity contribution is -0.146. The zero-order valence-corrected chi connectivity index (χ0v) is 12.5. The summed E-state index contributed by atoms with van der Waals surface area (Å²) in [7, 11) is 1.51. The van der Waals surface area contributed by atoms with Crippen molar-refractivity contribution >= 4 is 11.8 Å². The predicted molar refractivity (Wildman–Crippen MR) is 77.4 cm³/mol. The molecule has 0 aliphatic carbocycles. The Labute approximate surface area is 124 Å². The summed E-state index contributed by atoms with van der Waals surface area (Å²) in [6.45, 7) is 2.56. The zero-order chi connectivity index (χ0) is 15.5. The van der Waals surface area contributed by atoms with Gasteiger partial charge in [-0.15, -0.1) is 0 Å². The topological polar surface area (TPSA) is 85.5 Å². The van der Waals surface area contributed by atoms with Gasteiger partial charge >= 0.3 is 0 Å². The number of primary amides is 1. The van der Waals surface area contributed by atoms with E-state index in [9.17, 15) is 9.59 Å². The number of rotatable bonds is 5. The van der Waals surface area contributed by atoms with Crippen LogP contribution in [-0.4, -0.2) is 47.5 Å². The number of hydrogen-bond acceptors (Lipinski definition) is 4. The minimum absolute atomic E-state index is 0.117. The average molecular weight is 291 g/mol. The molecule has 1 unspecified atom stereocenters. The molecule has 1 fully saturated rings. The van der Waals surface area contributed by atoms with E-state index in [4.69, 9.17) is 10.5 Å². The molecule has 0 aromatic carbocycles. The molecular formula is C15H21N3O3. The highest BCUT2D eigenvalue weighted by atomic mass is 16.5. The molecule has 2 N–H and O–H groups in total. The molecule has 114 valence electrons. The first-order valence-electron chi connectivity index (χ1n) is 7.00. The summed E-state index contributed by atoms with van der Waals surface area (Å²) in [5, 5.41) is 0. The molecule has 1 saturated heterocycles. The molecule has 6 nitrogen and oxygen atoms in total. The van der Waals surface area contributed by atoms with Crippen LogP contribution in [0.1, 0.15) is 24.1 Å². The van der Waals surface area contributed by atoms with E-state index in [1.54, 1.807) is 11.1 Å². The lowest BCUT2D eigenvalue weighted by Gasteiger charge is -2.35. The number of likely N-dealkylation sites (tertiary alicyclic amines) is 1. The van der Waals surface area contributed by atoms with E-state index in [0.717, 1.165) is 17.7 Å². The Kier molecular flexibility index (Phi) is 4.57. The quantitative estimate of drug-likeness (QED) is 0.852. The smallest absolute Gasteiger partial charge is 0.245 e. The number of nitrogens with zero attached hydrogens (tertiary/aromatic N) is 2. The van der Waals surface area contributed by atoms with Crippen molar-refractivity contribution in [2.75, 3.05) is 20.3 Å². The van der Waals surface area contributed by atoms with Crippen molar-refractivity contribution < 1.29 is 14.3 Å². The highest BCUT2D eigenvalue weighted by Crippen LogP contribution is 2.30. The lowest BCUT2D eigenvalue weighted by atomic mass is 9.95. The molecule has 1 aliphatic rings. The van der Waals surface area contributed by atoms with Gasteiger partial charge in [-0.2, -0.15) is 0 Å². The molecule has 6 heteroatoms. The van der Waals surface area contributed by atoms with Crippen molar-refractivity contribution in [2.24, 2.45) is 5.73 Å². The molecule has 1 aromatic rings. The maximum absolute atomic E-state index is 12.5. The monoisotopic (exact) mass is 291 g/mol. The fraction of sp³-hybridized carbons (Fsp3) is 0.533. The van der Waals surface area contributed by atoms with Crippen LogP contribution in [0.3, 0.4) is 0 Å². The number of methoxy groups -OCH3 is 1. The zero-order valence-electron chi connectivity index (χ0n) is 12.5. The Morgan fingerprint density at radius 1 is 1.48 bits per heavy atom. The number of ether oxygens (including phenoxy) is 1. The van der Waals surface area contributed by atoms with Crippen molar-refractivity contribution in [3.63, 3.8) is 0 Å². The molecule has 0 bridgehead atoms. The Hall–Kier alpha value is -1.95. The third-order valence-corrected chi connectivity index (χ3v) is 3.96. The summed E-state index contributed by atoms with van der Waals surface area (Å²) in [4.78, 5) is 30.1. The minimum Gasteiger partial charge on any atom is -0.382 e. The van der Waals surface area contributed by atoms with Crippen molar-refractivity contribution in [1.82, 2.24) is 9.88 Å². The molecule has 2 amide bonds. The molecular weight excluding hydrogens is 270 g/mol. The molecule has 2 rings (SSSR count). The molecule has 0 spiro atoms. The van der Waals surface area contributed by atoms with Gasteiger partial charge in [0.05, 0.1) is 13.0 Å². The van der Waals surface area contributed by atoms with E-state index in [0.29, 0.717) is 13.0 Å². The van der Waals surface area contributed by atoms with Gasteiger partial charge in [-0.3, -0.25) is 14.6 Å². The standard InChI is InChI=1S/C15H21N3O3/c1-11-4-5-12(9-17-11)8-13(19)18-7-3-6-15(18,10-21-2)14(16)20/h4-5,9H,3,6-8,10H2,1-2H3,(H2,16,20). The van der Waals surface area contributed by atoms with E-state index in [-0.39, 0.29) is 18.9 Å².